The highest BCUT2D eigenvalue weighted by Gasteiger charge is 2.25. The molecule has 2 aromatic rings. The van der Waals surface area contributed by atoms with Crippen LogP contribution in [0.15, 0.2) is 42.5 Å². The molecule has 1 heterocycles. The number of amides is 2. The summed E-state index contributed by atoms with van der Waals surface area (Å²) in [5.74, 6) is 0.925. The minimum Gasteiger partial charge on any atom is -0.497 e. The van der Waals surface area contributed by atoms with Gasteiger partial charge in [-0.25, -0.2) is 0 Å². The van der Waals surface area contributed by atoms with E-state index in [9.17, 15) is 9.59 Å². The lowest BCUT2D eigenvalue weighted by molar-refractivity contribution is 0.0926. The number of para-hydroxylation sites is 1. The standard InChI is InChI=1S/C26H36N4O4/c1-29(2)15-7-14-27-25(31)21-8-5-6-9-23(21)30-16-12-19(13-17-30)28-26(32)22-11-10-20(33-3)18-24(22)34-4/h5-6,8-11,18-19H,7,12-17H2,1-4H3,(H,27,31)(H,28,32). The largest absolute Gasteiger partial charge is 0.497 e. The van der Waals surface area contributed by atoms with Gasteiger partial charge in [0.25, 0.3) is 11.8 Å². The van der Waals surface area contributed by atoms with Crippen LogP contribution < -0.4 is 25.0 Å². The third-order valence-electron chi connectivity index (χ3n) is 6.04. The van der Waals surface area contributed by atoms with Gasteiger partial charge >= 0.3 is 0 Å². The molecule has 0 unspecified atom stereocenters. The minimum atomic E-state index is -0.157. The quantitative estimate of drug-likeness (QED) is 0.522. The van der Waals surface area contributed by atoms with Crippen molar-refractivity contribution in [3.63, 3.8) is 0 Å². The first-order valence-corrected chi connectivity index (χ1v) is 11.7. The molecule has 8 nitrogen and oxygen atoms in total. The maximum atomic E-state index is 12.9. The average molecular weight is 469 g/mol. The maximum absolute atomic E-state index is 12.9. The van der Waals surface area contributed by atoms with Crippen molar-refractivity contribution in [3.05, 3.63) is 53.6 Å². The lowest BCUT2D eigenvalue weighted by Crippen LogP contribution is -2.45. The zero-order chi connectivity index (χ0) is 24.5. The van der Waals surface area contributed by atoms with E-state index in [4.69, 9.17) is 9.47 Å². The van der Waals surface area contributed by atoms with Crippen molar-refractivity contribution in [1.82, 2.24) is 15.5 Å². The van der Waals surface area contributed by atoms with Crippen LogP contribution in [0.2, 0.25) is 0 Å². The first kappa shape index (κ1) is 25.4. The molecule has 1 aliphatic heterocycles. The third-order valence-corrected chi connectivity index (χ3v) is 6.04. The van der Waals surface area contributed by atoms with Crippen molar-refractivity contribution in [2.24, 2.45) is 0 Å². The molecule has 8 heteroatoms. The van der Waals surface area contributed by atoms with Crippen molar-refractivity contribution in [2.75, 3.05) is 59.4 Å². The van der Waals surface area contributed by atoms with E-state index >= 15 is 0 Å². The van der Waals surface area contributed by atoms with Crippen molar-refractivity contribution >= 4 is 17.5 Å². The van der Waals surface area contributed by atoms with E-state index in [-0.39, 0.29) is 17.9 Å². The Kier molecular flexibility index (Phi) is 9.16. The van der Waals surface area contributed by atoms with Gasteiger partial charge in [-0.3, -0.25) is 9.59 Å². The molecule has 0 atom stereocenters. The number of methoxy groups -OCH3 is 2. The van der Waals surface area contributed by atoms with Gasteiger partial charge in [0.05, 0.1) is 25.3 Å². The Morgan fingerprint density at radius 3 is 2.41 bits per heavy atom. The molecular formula is C26H36N4O4. The van der Waals surface area contributed by atoms with Crippen LogP contribution in [0.4, 0.5) is 5.69 Å². The van der Waals surface area contributed by atoms with Gasteiger partial charge < -0.3 is 29.9 Å². The number of carbonyl (C=O) groups is 2. The summed E-state index contributed by atoms with van der Waals surface area (Å²) >= 11 is 0. The van der Waals surface area contributed by atoms with Crippen LogP contribution in [0.5, 0.6) is 11.5 Å². The van der Waals surface area contributed by atoms with Crippen LogP contribution in [-0.2, 0) is 0 Å². The average Bonchev–Trinajstić information content (AvgIpc) is 2.86. The molecule has 0 radical (unpaired) electrons. The summed E-state index contributed by atoms with van der Waals surface area (Å²) in [6.07, 6.45) is 2.50. The second-order valence-electron chi connectivity index (χ2n) is 8.73. The number of nitrogens with one attached hydrogen (secondary N) is 2. The second kappa shape index (κ2) is 12.3. The predicted molar refractivity (Wildman–Crippen MR) is 134 cm³/mol. The Morgan fingerprint density at radius 2 is 1.74 bits per heavy atom. The highest BCUT2D eigenvalue weighted by molar-refractivity contribution is 6.00. The Morgan fingerprint density at radius 1 is 1.00 bits per heavy atom. The molecule has 1 aliphatic rings. The summed E-state index contributed by atoms with van der Waals surface area (Å²) in [5.41, 5.74) is 2.12. The molecule has 0 aliphatic carbocycles. The molecule has 1 fully saturated rings. The Balaban J connectivity index is 1.57. The monoisotopic (exact) mass is 468 g/mol. The van der Waals surface area contributed by atoms with Crippen molar-refractivity contribution in [2.45, 2.75) is 25.3 Å². The SMILES string of the molecule is COc1ccc(C(=O)NC2CCN(c3ccccc3C(=O)NCCCN(C)C)CC2)c(OC)c1. The summed E-state index contributed by atoms with van der Waals surface area (Å²) in [7, 11) is 7.17. The van der Waals surface area contributed by atoms with Crippen LogP contribution in [0, 0.1) is 0 Å². The van der Waals surface area contributed by atoms with E-state index in [0.29, 0.717) is 29.2 Å². The lowest BCUT2D eigenvalue weighted by Gasteiger charge is -2.35. The number of nitrogens with zero attached hydrogens (tertiary/aromatic N) is 2. The highest BCUT2D eigenvalue weighted by atomic mass is 16.5. The number of rotatable bonds is 10. The van der Waals surface area contributed by atoms with E-state index in [2.05, 4.69) is 20.4 Å². The van der Waals surface area contributed by atoms with E-state index in [0.717, 1.165) is 44.6 Å². The van der Waals surface area contributed by atoms with Gasteiger partial charge in [0.15, 0.2) is 0 Å². The smallest absolute Gasteiger partial charge is 0.255 e. The molecule has 1 saturated heterocycles. The van der Waals surface area contributed by atoms with Gasteiger partial charge in [0, 0.05) is 37.4 Å². The molecule has 34 heavy (non-hydrogen) atoms. The molecule has 2 amide bonds. The summed E-state index contributed by atoms with van der Waals surface area (Å²) < 4.78 is 10.6. The number of ether oxygens (including phenoxy) is 2. The molecule has 3 rings (SSSR count). The van der Waals surface area contributed by atoms with Crippen molar-refractivity contribution < 1.29 is 19.1 Å². The fraction of sp³-hybridized carbons (Fsp3) is 0.462. The molecule has 0 bridgehead atoms. The molecule has 2 N–H and O–H groups in total. The van der Waals surface area contributed by atoms with Crippen LogP contribution in [0.25, 0.3) is 0 Å². The van der Waals surface area contributed by atoms with Gasteiger partial charge in [0.1, 0.15) is 11.5 Å². The fourth-order valence-corrected chi connectivity index (χ4v) is 4.15. The first-order chi connectivity index (χ1) is 16.4. The van der Waals surface area contributed by atoms with E-state index in [1.165, 1.54) is 0 Å². The van der Waals surface area contributed by atoms with Gasteiger partial charge in [-0.05, 0) is 64.2 Å². The van der Waals surface area contributed by atoms with E-state index in [1.807, 2.05) is 38.4 Å². The van der Waals surface area contributed by atoms with Gasteiger partial charge in [-0.2, -0.15) is 0 Å². The summed E-state index contributed by atoms with van der Waals surface area (Å²) in [5, 5.41) is 6.17. The third kappa shape index (κ3) is 6.63. The maximum Gasteiger partial charge on any atom is 0.255 e. The van der Waals surface area contributed by atoms with Crippen LogP contribution in [-0.4, -0.2) is 77.3 Å². The summed E-state index contributed by atoms with van der Waals surface area (Å²) in [6.45, 7) is 3.10. The first-order valence-electron chi connectivity index (χ1n) is 11.7. The molecule has 0 spiro atoms. The van der Waals surface area contributed by atoms with Crippen LogP contribution in [0.3, 0.4) is 0 Å². The predicted octanol–water partition coefficient (Wildman–Crippen LogP) is 2.78. The van der Waals surface area contributed by atoms with Gasteiger partial charge in [-0.1, -0.05) is 12.1 Å². The summed E-state index contributed by atoms with van der Waals surface area (Å²) in [4.78, 5) is 30.0. The lowest BCUT2D eigenvalue weighted by atomic mass is 10.0. The molecule has 0 aromatic heterocycles. The Hall–Kier alpha value is -3.26. The van der Waals surface area contributed by atoms with Crippen LogP contribution >= 0.6 is 0 Å². The van der Waals surface area contributed by atoms with Crippen molar-refractivity contribution in [3.8, 4) is 11.5 Å². The van der Waals surface area contributed by atoms with Gasteiger partial charge in [-0.15, -0.1) is 0 Å². The zero-order valence-electron chi connectivity index (χ0n) is 20.6. The number of hydrogen-bond donors (Lipinski definition) is 2. The van der Waals surface area contributed by atoms with Crippen molar-refractivity contribution in [1.29, 1.82) is 0 Å². The van der Waals surface area contributed by atoms with Crippen LogP contribution in [0.1, 0.15) is 40.0 Å². The Labute approximate surface area is 202 Å². The highest BCUT2D eigenvalue weighted by Crippen LogP contribution is 2.27. The normalized spacial score (nSPS) is 14.1. The second-order valence-corrected chi connectivity index (χ2v) is 8.73. The number of carbonyl (C=O) groups excluding carboxylic acids is 2. The zero-order valence-corrected chi connectivity index (χ0v) is 20.6. The number of hydrogen-bond acceptors (Lipinski definition) is 6. The number of benzene rings is 2. The number of anilines is 1. The minimum absolute atomic E-state index is 0.0450. The molecular weight excluding hydrogens is 432 g/mol. The van der Waals surface area contributed by atoms with E-state index in [1.54, 1.807) is 32.4 Å². The van der Waals surface area contributed by atoms with E-state index < -0.39 is 0 Å². The van der Waals surface area contributed by atoms with Gasteiger partial charge in [0.2, 0.25) is 0 Å². The number of piperidine rings is 1. The molecule has 0 saturated carbocycles. The Bertz CT molecular complexity index is 971. The fourth-order valence-electron chi connectivity index (χ4n) is 4.15. The topological polar surface area (TPSA) is 83.1 Å². The summed E-state index contributed by atoms with van der Waals surface area (Å²) in [6, 6.07) is 13.0. The molecule has 184 valence electrons. The molecule has 2 aromatic carbocycles.